The van der Waals surface area contributed by atoms with E-state index in [2.05, 4.69) is 27.6 Å². The Labute approximate surface area is 168 Å². The number of nitrogens with zero attached hydrogens (tertiary/aromatic N) is 3. The lowest BCUT2D eigenvalue weighted by Crippen LogP contribution is -2.28. The van der Waals surface area contributed by atoms with Gasteiger partial charge in [-0.3, -0.25) is 4.79 Å². The minimum Gasteiger partial charge on any atom is -0.349 e. The van der Waals surface area contributed by atoms with Crippen molar-refractivity contribution in [2.45, 2.75) is 31.6 Å². The molecule has 2 aromatic carbocycles. The molecule has 140 valence electrons. The largest absolute Gasteiger partial charge is 0.349 e. The van der Waals surface area contributed by atoms with E-state index in [4.69, 9.17) is 11.6 Å². The molecule has 1 heterocycles. The van der Waals surface area contributed by atoms with E-state index in [0.29, 0.717) is 11.6 Å². The van der Waals surface area contributed by atoms with Crippen LogP contribution in [0.1, 0.15) is 29.9 Å². The first kappa shape index (κ1) is 19.5. The number of aryl methyl sites for hydroxylation is 1. The summed E-state index contributed by atoms with van der Waals surface area (Å²) in [4.78, 5) is 12.4. The summed E-state index contributed by atoms with van der Waals surface area (Å²) < 4.78 is 2.02. The first-order valence-corrected chi connectivity index (χ1v) is 10.0. The number of rotatable bonds is 7. The van der Waals surface area contributed by atoms with Gasteiger partial charge in [0, 0.05) is 5.02 Å². The summed E-state index contributed by atoms with van der Waals surface area (Å²) in [5, 5.41) is 12.7. The van der Waals surface area contributed by atoms with E-state index in [1.54, 1.807) is 0 Å². The Morgan fingerprint density at radius 2 is 1.85 bits per heavy atom. The SMILES string of the molecule is Cc1nnc(SCC(=O)NC(C)c2ccccc2Cl)n1Cc1ccccc1. The van der Waals surface area contributed by atoms with Gasteiger partial charge >= 0.3 is 0 Å². The van der Waals surface area contributed by atoms with Crippen molar-refractivity contribution in [2.75, 3.05) is 5.75 Å². The molecule has 0 saturated carbocycles. The Morgan fingerprint density at radius 3 is 2.59 bits per heavy atom. The third kappa shape index (κ3) is 5.11. The van der Waals surface area contributed by atoms with E-state index in [0.717, 1.165) is 16.5 Å². The van der Waals surface area contributed by atoms with Crippen LogP contribution in [0.5, 0.6) is 0 Å². The molecule has 3 aromatic rings. The van der Waals surface area contributed by atoms with E-state index in [9.17, 15) is 4.79 Å². The second kappa shape index (κ2) is 9.06. The molecule has 0 saturated heterocycles. The number of benzene rings is 2. The highest BCUT2D eigenvalue weighted by atomic mass is 35.5. The molecule has 0 radical (unpaired) electrons. The molecule has 1 amide bonds. The van der Waals surface area contributed by atoms with E-state index in [1.807, 2.05) is 60.9 Å². The average molecular weight is 401 g/mol. The summed E-state index contributed by atoms with van der Waals surface area (Å²) in [6, 6.07) is 17.5. The van der Waals surface area contributed by atoms with Crippen molar-refractivity contribution in [3.8, 4) is 0 Å². The van der Waals surface area contributed by atoms with Crippen LogP contribution >= 0.6 is 23.4 Å². The Balaban J connectivity index is 1.60. The fourth-order valence-electron chi connectivity index (χ4n) is 2.73. The van der Waals surface area contributed by atoms with Gasteiger partial charge in [0.2, 0.25) is 5.91 Å². The zero-order chi connectivity index (χ0) is 19.2. The van der Waals surface area contributed by atoms with Gasteiger partial charge in [0.1, 0.15) is 5.82 Å². The molecule has 3 rings (SSSR count). The number of amides is 1. The summed E-state index contributed by atoms with van der Waals surface area (Å²) >= 11 is 7.58. The number of hydrogen-bond donors (Lipinski definition) is 1. The number of thioether (sulfide) groups is 1. The lowest BCUT2D eigenvalue weighted by molar-refractivity contribution is -0.119. The molecule has 0 bridgehead atoms. The molecule has 0 fully saturated rings. The van der Waals surface area contributed by atoms with Gasteiger partial charge in [0.05, 0.1) is 18.3 Å². The summed E-state index contributed by atoms with van der Waals surface area (Å²) in [7, 11) is 0. The molecule has 1 unspecified atom stereocenters. The predicted octanol–water partition coefficient (Wildman–Crippen LogP) is 4.26. The van der Waals surface area contributed by atoms with Gasteiger partial charge in [-0.2, -0.15) is 0 Å². The highest BCUT2D eigenvalue weighted by molar-refractivity contribution is 7.99. The predicted molar refractivity (Wildman–Crippen MR) is 109 cm³/mol. The summed E-state index contributed by atoms with van der Waals surface area (Å²) in [6.07, 6.45) is 0. The van der Waals surface area contributed by atoms with Crippen molar-refractivity contribution in [1.29, 1.82) is 0 Å². The molecular formula is C20H21ClN4OS. The normalized spacial score (nSPS) is 12.0. The Bertz CT molecular complexity index is 913. The second-order valence-electron chi connectivity index (χ2n) is 6.20. The molecule has 1 aromatic heterocycles. The summed E-state index contributed by atoms with van der Waals surface area (Å²) in [6.45, 7) is 4.52. The van der Waals surface area contributed by atoms with E-state index in [1.165, 1.54) is 17.3 Å². The molecule has 0 aliphatic rings. The zero-order valence-electron chi connectivity index (χ0n) is 15.2. The number of hydrogen-bond acceptors (Lipinski definition) is 4. The number of halogens is 1. The maximum atomic E-state index is 12.4. The van der Waals surface area contributed by atoms with Gasteiger partial charge in [0.25, 0.3) is 0 Å². The molecular weight excluding hydrogens is 380 g/mol. The monoisotopic (exact) mass is 400 g/mol. The standard InChI is InChI=1S/C20H21ClN4OS/c1-14(17-10-6-7-11-18(17)21)22-19(26)13-27-20-24-23-15(2)25(20)12-16-8-4-3-5-9-16/h3-11,14H,12-13H2,1-2H3,(H,22,26). The third-order valence-corrected chi connectivity index (χ3v) is 5.48. The first-order chi connectivity index (χ1) is 13.0. The summed E-state index contributed by atoms with van der Waals surface area (Å²) in [5.41, 5.74) is 2.07. The maximum absolute atomic E-state index is 12.4. The smallest absolute Gasteiger partial charge is 0.230 e. The van der Waals surface area contributed by atoms with Crippen LogP contribution < -0.4 is 5.32 Å². The molecule has 1 N–H and O–H groups in total. The highest BCUT2D eigenvalue weighted by Gasteiger charge is 2.15. The zero-order valence-corrected chi connectivity index (χ0v) is 16.8. The average Bonchev–Trinajstić information content (AvgIpc) is 3.01. The molecule has 0 aliphatic carbocycles. The molecule has 0 spiro atoms. The van der Waals surface area contributed by atoms with E-state index < -0.39 is 0 Å². The number of carbonyl (C=O) groups is 1. The highest BCUT2D eigenvalue weighted by Crippen LogP contribution is 2.23. The molecule has 5 nitrogen and oxygen atoms in total. The minimum absolute atomic E-state index is 0.0701. The fourth-order valence-corrected chi connectivity index (χ4v) is 3.83. The van der Waals surface area contributed by atoms with E-state index in [-0.39, 0.29) is 17.7 Å². The van der Waals surface area contributed by atoms with Crippen LogP contribution in [0, 0.1) is 6.92 Å². The van der Waals surface area contributed by atoms with Crippen molar-refractivity contribution in [3.63, 3.8) is 0 Å². The second-order valence-corrected chi connectivity index (χ2v) is 7.55. The topological polar surface area (TPSA) is 59.8 Å². The third-order valence-electron chi connectivity index (χ3n) is 4.17. The van der Waals surface area contributed by atoms with Crippen LogP contribution in [0.2, 0.25) is 5.02 Å². The van der Waals surface area contributed by atoms with Gasteiger partial charge in [-0.25, -0.2) is 0 Å². The molecule has 27 heavy (non-hydrogen) atoms. The van der Waals surface area contributed by atoms with Crippen LogP contribution in [0.4, 0.5) is 0 Å². The lowest BCUT2D eigenvalue weighted by atomic mass is 10.1. The quantitative estimate of drug-likeness (QED) is 0.602. The molecule has 7 heteroatoms. The van der Waals surface area contributed by atoms with Crippen molar-refractivity contribution < 1.29 is 4.79 Å². The van der Waals surface area contributed by atoms with Gasteiger partial charge in [-0.1, -0.05) is 71.9 Å². The Kier molecular flexibility index (Phi) is 6.53. The van der Waals surface area contributed by atoms with Gasteiger partial charge in [-0.05, 0) is 31.0 Å². The first-order valence-electron chi connectivity index (χ1n) is 8.65. The van der Waals surface area contributed by atoms with Crippen LogP contribution in [0.15, 0.2) is 59.8 Å². The summed E-state index contributed by atoms with van der Waals surface area (Å²) in [5.74, 6) is 1.02. The molecule has 1 atom stereocenters. The van der Waals surface area contributed by atoms with Crippen molar-refractivity contribution in [3.05, 3.63) is 76.6 Å². The van der Waals surface area contributed by atoms with Crippen molar-refractivity contribution >= 4 is 29.3 Å². The van der Waals surface area contributed by atoms with Gasteiger partial charge < -0.3 is 9.88 Å². The van der Waals surface area contributed by atoms with Crippen LogP contribution in [-0.4, -0.2) is 26.4 Å². The van der Waals surface area contributed by atoms with Crippen LogP contribution in [-0.2, 0) is 11.3 Å². The fraction of sp³-hybridized carbons (Fsp3) is 0.250. The van der Waals surface area contributed by atoms with Crippen molar-refractivity contribution in [1.82, 2.24) is 20.1 Å². The minimum atomic E-state index is -0.157. The van der Waals surface area contributed by atoms with E-state index >= 15 is 0 Å². The van der Waals surface area contributed by atoms with Gasteiger partial charge in [0.15, 0.2) is 5.16 Å². The lowest BCUT2D eigenvalue weighted by Gasteiger charge is -2.15. The Morgan fingerprint density at radius 1 is 1.15 bits per heavy atom. The van der Waals surface area contributed by atoms with Crippen LogP contribution in [0.3, 0.4) is 0 Å². The van der Waals surface area contributed by atoms with Crippen LogP contribution in [0.25, 0.3) is 0 Å². The van der Waals surface area contributed by atoms with Gasteiger partial charge in [-0.15, -0.1) is 10.2 Å². The number of carbonyl (C=O) groups excluding carboxylic acids is 1. The number of aromatic nitrogens is 3. The maximum Gasteiger partial charge on any atom is 0.230 e. The molecule has 0 aliphatic heterocycles. The number of nitrogens with one attached hydrogen (secondary N) is 1. The van der Waals surface area contributed by atoms with Crippen molar-refractivity contribution in [2.24, 2.45) is 0 Å². The Hall–Kier alpha value is -2.31.